The van der Waals surface area contributed by atoms with E-state index < -0.39 is 11.9 Å². The highest BCUT2D eigenvalue weighted by Gasteiger charge is 2.17. The Balaban J connectivity index is 1.77. The summed E-state index contributed by atoms with van der Waals surface area (Å²) in [5.74, 6) is -0.236. The van der Waals surface area contributed by atoms with Crippen LogP contribution in [-0.2, 0) is 11.3 Å². The molecular formula is C25H25FN2O5. The van der Waals surface area contributed by atoms with Crippen LogP contribution in [0, 0.1) is 5.82 Å². The second kappa shape index (κ2) is 11.1. The molecule has 2 aromatic carbocycles. The summed E-state index contributed by atoms with van der Waals surface area (Å²) in [4.78, 5) is 28.9. The van der Waals surface area contributed by atoms with E-state index in [0.29, 0.717) is 17.1 Å². The lowest BCUT2D eigenvalue weighted by Gasteiger charge is -2.16. The summed E-state index contributed by atoms with van der Waals surface area (Å²) < 4.78 is 29.8. The second-order valence-electron chi connectivity index (χ2n) is 7.35. The third-order valence-corrected chi connectivity index (χ3v) is 4.37. The molecule has 7 nitrogen and oxygen atoms in total. The number of amides is 1. The first kappa shape index (κ1) is 23.7. The van der Waals surface area contributed by atoms with Crippen molar-refractivity contribution in [1.29, 1.82) is 0 Å². The van der Waals surface area contributed by atoms with Crippen LogP contribution in [0.4, 0.5) is 10.2 Å². The molecule has 1 N–H and O–H groups in total. The predicted molar refractivity (Wildman–Crippen MR) is 121 cm³/mol. The zero-order valence-corrected chi connectivity index (χ0v) is 18.6. The maximum absolute atomic E-state index is 13.4. The molecule has 0 saturated heterocycles. The first-order valence-corrected chi connectivity index (χ1v) is 10.5. The summed E-state index contributed by atoms with van der Waals surface area (Å²) in [5.41, 5.74) is 1.19. The van der Waals surface area contributed by atoms with Crippen LogP contribution < -0.4 is 14.8 Å². The smallest absolute Gasteiger partial charge is 0.339 e. The molecule has 3 aromatic rings. The van der Waals surface area contributed by atoms with Gasteiger partial charge < -0.3 is 19.5 Å². The van der Waals surface area contributed by atoms with Gasteiger partial charge in [0.1, 0.15) is 29.7 Å². The fraction of sp³-hybridized carbons (Fsp3) is 0.240. The normalized spacial score (nSPS) is 10.6. The van der Waals surface area contributed by atoms with Crippen molar-refractivity contribution in [2.24, 2.45) is 0 Å². The molecule has 33 heavy (non-hydrogen) atoms. The van der Waals surface area contributed by atoms with Crippen LogP contribution in [0.15, 0.2) is 60.8 Å². The number of pyridine rings is 1. The lowest BCUT2D eigenvalue weighted by Crippen LogP contribution is -2.17. The van der Waals surface area contributed by atoms with Gasteiger partial charge in [-0.1, -0.05) is 12.1 Å². The number of hydrogen-bond donors (Lipinski definition) is 1. The highest BCUT2D eigenvalue weighted by Crippen LogP contribution is 2.27. The number of nitrogens with one attached hydrogen (secondary N) is 1. The zero-order valence-electron chi connectivity index (χ0n) is 18.6. The highest BCUT2D eigenvalue weighted by molar-refractivity contribution is 6.06. The van der Waals surface area contributed by atoms with E-state index in [9.17, 15) is 14.0 Å². The van der Waals surface area contributed by atoms with Gasteiger partial charge in [0.25, 0.3) is 5.91 Å². The summed E-state index contributed by atoms with van der Waals surface area (Å²) >= 11 is 0. The van der Waals surface area contributed by atoms with Gasteiger partial charge in [-0.2, -0.15) is 0 Å². The molecule has 0 fully saturated rings. The molecule has 8 heteroatoms. The van der Waals surface area contributed by atoms with Crippen molar-refractivity contribution in [1.82, 2.24) is 4.98 Å². The number of carbonyl (C=O) groups excluding carboxylic acids is 2. The van der Waals surface area contributed by atoms with E-state index in [4.69, 9.17) is 14.2 Å². The van der Waals surface area contributed by atoms with Gasteiger partial charge in [0.05, 0.1) is 23.8 Å². The number of rotatable bonds is 9. The molecule has 0 aliphatic rings. The summed E-state index contributed by atoms with van der Waals surface area (Å²) in [6.45, 7) is 5.82. The lowest BCUT2D eigenvalue weighted by molar-refractivity contribution is 0.0526. The molecule has 0 radical (unpaired) electrons. The zero-order chi connectivity index (χ0) is 23.8. The molecule has 172 valence electrons. The Labute approximate surface area is 191 Å². The maximum Gasteiger partial charge on any atom is 0.339 e. The van der Waals surface area contributed by atoms with Gasteiger partial charge in [-0.05, 0) is 68.8 Å². The highest BCUT2D eigenvalue weighted by atomic mass is 19.1. The quantitative estimate of drug-likeness (QED) is 0.459. The van der Waals surface area contributed by atoms with Crippen molar-refractivity contribution < 1.29 is 28.2 Å². The molecule has 0 unspecified atom stereocenters. The van der Waals surface area contributed by atoms with Crippen LogP contribution >= 0.6 is 0 Å². The molecule has 0 bridgehead atoms. The van der Waals surface area contributed by atoms with Crippen molar-refractivity contribution >= 4 is 17.7 Å². The van der Waals surface area contributed by atoms with Crippen molar-refractivity contribution in [2.75, 3.05) is 11.9 Å². The van der Waals surface area contributed by atoms with E-state index in [1.54, 1.807) is 37.3 Å². The van der Waals surface area contributed by atoms with Gasteiger partial charge in [-0.3, -0.25) is 4.79 Å². The van der Waals surface area contributed by atoms with Gasteiger partial charge in [0, 0.05) is 6.20 Å². The third kappa shape index (κ3) is 6.77. The maximum atomic E-state index is 13.4. The molecule has 0 saturated carbocycles. The van der Waals surface area contributed by atoms with Crippen molar-refractivity contribution in [3.05, 3.63) is 83.3 Å². The van der Waals surface area contributed by atoms with Crippen LogP contribution in [0.5, 0.6) is 11.5 Å². The largest absolute Gasteiger partial charge is 0.490 e. The van der Waals surface area contributed by atoms with Crippen LogP contribution in [-0.4, -0.2) is 29.6 Å². The van der Waals surface area contributed by atoms with E-state index >= 15 is 0 Å². The topological polar surface area (TPSA) is 86.8 Å². The van der Waals surface area contributed by atoms with Crippen LogP contribution in [0.1, 0.15) is 47.1 Å². The number of anilines is 1. The average molecular weight is 452 g/mol. The minimum atomic E-state index is -0.487. The number of carbonyl (C=O) groups is 2. The molecule has 0 aliphatic heterocycles. The van der Waals surface area contributed by atoms with E-state index in [1.807, 2.05) is 13.8 Å². The number of aromatic nitrogens is 1. The summed E-state index contributed by atoms with van der Waals surface area (Å²) in [6, 6.07) is 14.0. The fourth-order valence-corrected chi connectivity index (χ4v) is 2.91. The molecule has 0 aliphatic carbocycles. The van der Waals surface area contributed by atoms with E-state index in [0.717, 1.165) is 0 Å². The molecular weight excluding hydrogens is 427 g/mol. The van der Waals surface area contributed by atoms with Crippen LogP contribution in [0.3, 0.4) is 0 Å². The number of halogens is 1. The number of nitrogens with zero attached hydrogens (tertiary/aromatic N) is 1. The fourth-order valence-electron chi connectivity index (χ4n) is 2.91. The van der Waals surface area contributed by atoms with Gasteiger partial charge in [-0.25, -0.2) is 14.2 Å². The molecule has 1 amide bonds. The Hall–Kier alpha value is -3.94. The summed E-state index contributed by atoms with van der Waals surface area (Å²) in [5, 5.41) is 2.69. The van der Waals surface area contributed by atoms with Gasteiger partial charge in [0.2, 0.25) is 0 Å². The van der Waals surface area contributed by atoms with Gasteiger partial charge >= 0.3 is 5.97 Å². The number of hydrogen-bond acceptors (Lipinski definition) is 6. The van der Waals surface area contributed by atoms with Crippen molar-refractivity contribution in [2.45, 2.75) is 33.5 Å². The monoisotopic (exact) mass is 452 g/mol. The van der Waals surface area contributed by atoms with E-state index in [-0.39, 0.29) is 42.1 Å². The number of esters is 1. The van der Waals surface area contributed by atoms with E-state index in [2.05, 4.69) is 10.3 Å². The molecule has 0 atom stereocenters. The first-order valence-electron chi connectivity index (χ1n) is 10.5. The molecule has 3 rings (SSSR count). The molecule has 0 spiro atoms. The SMILES string of the molecule is CCOC(=O)c1ccc(NC(=O)c2cc(OCc3cccc(F)c3)ccc2OC(C)C)nc1. The van der Waals surface area contributed by atoms with Crippen LogP contribution in [0.25, 0.3) is 0 Å². The predicted octanol–water partition coefficient (Wildman–Crippen LogP) is 5.02. The van der Waals surface area contributed by atoms with Gasteiger partial charge in [-0.15, -0.1) is 0 Å². The van der Waals surface area contributed by atoms with Crippen molar-refractivity contribution in [3.63, 3.8) is 0 Å². The first-order chi connectivity index (χ1) is 15.9. The van der Waals surface area contributed by atoms with E-state index in [1.165, 1.54) is 30.5 Å². The average Bonchev–Trinajstić information content (AvgIpc) is 2.78. The molecule has 1 aromatic heterocycles. The third-order valence-electron chi connectivity index (χ3n) is 4.37. The minimum absolute atomic E-state index is 0.139. The summed E-state index contributed by atoms with van der Waals surface area (Å²) in [7, 11) is 0. The second-order valence-corrected chi connectivity index (χ2v) is 7.35. The standard InChI is InChI=1S/C25H25FN2O5/c1-4-31-25(30)18-8-11-23(27-14-18)28-24(29)21-13-20(9-10-22(21)33-16(2)3)32-15-17-6-5-7-19(26)12-17/h5-14,16H,4,15H2,1-3H3,(H,27,28,29). The lowest BCUT2D eigenvalue weighted by atomic mass is 10.1. The Kier molecular flexibility index (Phi) is 7.96. The number of benzene rings is 2. The Bertz CT molecular complexity index is 1120. The summed E-state index contributed by atoms with van der Waals surface area (Å²) in [6.07, 6.45) is 1.18. The molecule has 1 heterocycles. The Morgan fingerprint density at radius 2 is 1.91 bits per heavy atom. The van der Waals surface area contributed by atoms with Gasteiger partial charge in [0.15, 0.2) is 0 Å². The minimum Gasteiger partial charge on any atom is -0.490 e. The Morgan fingerprint density at radius 1 is 1.09 bits per heavy atom. The number of ether oxygens (including phenoxy) is 3. The van der Waals surface area contributed by atoms with Crippen LogP contribution in [0.2, 0.25) is 0 Å². The Morgan fingerprint density at radius 3 is 2.58 bits per heavy atom. The van der Waals surface area contributed by atoms with Crippen molar-refractivity contribution in [3.8, 4) is 11.5 Å².